The maximum absolute atomic E-state index is 3.65. The molecule has 1 heteroatoms. The molecule has 5 rings (SSSR count). The van der Waals surface area contributed by atoms with Crippen LogP contribution in [-0.4, -0.2) is 8.07 Å². The smallest absolute Gasteiger partial charge is 0.0696 e. The van der Waals surface area contributed by atoms with Crippen LogP contribution in [0.15, 0.2) is 132 Å². The van der Waals surface area contributed by atoms with Crippen LogP contribution >= 0.6 is 0 Å². The molecule has 0 amide bonds. The predicted molar refractivity (Wildman–Crippen MR) is 151 cm³/mol. The summed E-state index contributed by atoms with van der Waals surface area (Å²) in [6.07, 6.45) is 0. The van der Waals surface area contributed by atoms with Gasteiger partial charge >= 0.3 is 0 Å². The van der Waals surface area contributed by atoms with Gasteiger partial charge in [-0.05, 0) is 46.5 Å². The lowest BCUT2D eigenvalue weighted by Gasteiger charge is -2.18. The van der Waals surface area contributed by atoms with Crippen LogP contribution < -0.4 is 0 Å². The average Bonchev–Trinajstić information content (AvgIpc) is 3.14. The number of rotatable bonds is 2. The second-order valence-electron chi connectivity index (χ2n) is 9.09. The highest BCUT2D eigenvalue weighted by Crippen LogP contribution is 2.48. The summed E-state index contributed by atoms with van der Waals surface area (Å²) in [4.78, 5) is 0. The van der Waals surface area contributed by atoms with Gasteiger partial charge in [0, 0.05) is 21.5 Å². The molecule has 166 valence electrons. The Morgan fingerprint density at radius 3 is 1.06 bits per heavy atom. The zero-order valence-electron chi connectivity index (χ0n) is 20.0. The third kappa shape index (κ3) is 4.69. The van der Waals surface area contributed by atoms with E-state index in [0.717, 1.165) is 11.1 Å². The molecule has 0 spiro atoms. The Bertz CT molecular complexity index is 1400. The van der Waals surface area contributed by atoms with E-state index in [2.05, 4.69) is 122 Å². The Morgan fingerprint density at radius 2 is 0.714 bits per heavy atom. The number of hydrogen-bond acceptors (Lipinski definition) is 0. The van der Waals surface area contributed by atoms with E-state index in [4.69, 9.17) is 0 Å². The molecule has 0 nitrogen and oxygen atoms in total. The van der Waals surface area contributed by atoms with E-state index >= 15 is 0 Å². The molecule has 1 heterocycles. The molecule has 35 heavy (non-hydrogen) atoms. The molecule has 4 aromatic carbocycles. The summed E-state index contributed by atoms with van der Waals surface area (Å²) in [6, 6.07) is 41.8. The Morgan fingerprint density at radius 1 is 0.400 bits per heavy atom. The van der Waals surface area contributed by atoms with Crippen molar-refractivity contribution in [2.45, 2.75) is 13.1 Å². The Hall–Kier alpha value is -4.30. The molecule has 0 saturated carbocycles. The second-order valence-corrected chi connectivity index (χ2v) is 13.3. The average molecular weight is 463 g/mol. The van der Waals surface area contributed by atoms with Crippen molar-refractivity contribution >= 4 is 19.2 Å². The molecule has 0 unspecified atom stereocenters. The molecule has 1 aliphatic heterocycles. The first-order valence-electron chi connectivity index (χ1n) is 11.9. The molecule has 1 aliphatic rings. The molecule has 0 aromatic heterocycles. The van der Waals surface area contributed by atoms with E-state index in [1.807, 2.05) is 36.4 Å². The van der Waals surface area contributed by atoms with Gasteiger partial charge in [0.25, 0.3) is 0 Å². The van der Waals surface area contributed by atoms with Crippen molar-refractivity contribution in [1.29, 1.82) is 0 Å². The first kappa shape index (κ1) is 22.5. The lowest BCUT2D eigenvalue weighted by Crippen LogP contribution is -2.29. The predicted octanol–water partition coefficient (Wildman–Crippen LogP) is 7.80. The number of benzene rings is 4. The van der Waals surface area contributed by atoms with Crippen LogP contribution in [0.25, 0.3) is 11.1 Å². The molecular formula is C34H26Si. The largest absolute Gasteiger partial charge is 0.135 e. The van der Waals surface area contributed by atoms with Gasteiger partial charge in [0.1, 0.15) is 8.07 Å². The summed E-state index contributed by atoms with van der Waals surface area (Å²) in [5, 5.41) is 2.48. The molecule has 0 radical (unpaired) electrons. The van der Waals surface area contributed by atoms with Gasteiger partial charge < -0.3 is 0 Å². The minimum atomic E-state index is -2.19. The van der Waals surface area contributed by atoms with Crippen molar-refractivity contribution in [2.75, 3.05) is 0 Å². The van der Waals surface area contributed by atoms with Gasteiger partial charge in [-0.1, -0.05) is 134 Å². The fourth-order valence-corrected chi connectivity index (χ4v) is 7.33. The zero-order valence-corrected chi connectivity index (χ0v) is 21.0. The van der Waals surface area contributed by atoms with Crippen molar-refractivity contribution in [3.63, 3.8) is 0 Å². The summed E-state index contributed by atoms with van der Waals surface area (Å²) < 4.78 is 0. The third-order valence-corrected chi connectivity index (χ3v) is 9.59. The molecule has 0 atom stereocenters. The summed E-state index contributed by atoms with van der Waals surface area (Å²) in [7, 11) is -2.19. The van der Waals surface area contributed by atoms with Crippen LogP contribution in [0.1, 0.15) is 22.3 Å². The maximum atomic E-state index is 3.65. The highest BCUT2D eigenvalue weighted by molar-refractivity contribution is 6.96. The second kappa shape index (κ2) is 9.90. The van der Waals surface area contributed by atoms with Crippen molar-refractivity contribution in [1.82, 2.24) is 0 Å². The van der Waals surface area contributed by atoms with Gasteiger partial charge in [-0.2, -0.15) is 0 Å². The standard InChI is InChI=1S/C34H26Si/c1-35(2)31(25-23-27-15-7-3-8-16-27)33(29-19-11-5-12-20-29)34(30-21-13-6-14-22-30)32(35)26-24-28-17-9-4-10-18-28/h3-22H,1-2H3. The van der Waals surface area contributed by atoms with Crippen molar-refractivity contribution in [3.05, 3.63) is 154 Å². The van der Waals surface area contributed by atoms with Crippen LogP contribution in [-0.2, 0) is 0 Å². The van der Waals surface area contributed by atoms with Crippen molar-refractivity contribution in [2.24, 2.45) is 0 Å². The van der Waals surface area contributed by atoms with E-state index in [1.165, 1.54) is 32.7 Å². The van der Waals surface area contributed by atoms with E-state index in [9.17, 15) is 0 Å². The summed E-state index contributed by atoms with van der Waals surface area (Å²) in [5.74, 6) is 14.2. The molecule has 0 fully saturated rings. The Labute approximate surface area is 209 Å². The molecule has 0 saturated heterocycles. The van der Waals surface area contributed by atoms with Crippen LogP contribution in [0, 0.1) is 23.7 Å². The monoisotopic (exact) mass is 462 g/mol. The van der Waals surface area contributed by atoms with E-state index in [1.54, 1.807) is 0 Å². The van der Waals surface area contributed by atoms with Gasteiger partial charge in [-0.3, -0.25) is 0 Å². The topological polar surface area (TPSA) is 0 Å². The minimum absolute atomic E-state index is 1.03. The summed E-state index contributed by atoms with van der Waals surface area (Å²) >= 11 is 0. The summed E-state index contributed by atoms with van der Waals surface area (Å²) in [6.45, 7) is 4.77. The van der Waals surface area contributed by atoms with Gasteiger partial charge in [-0.25, -0.2) is 0 Å². The van der Waals surface area contributed by atoms with Crippen LogP contribution in [0.4, 0.5) is 0 Å². The van der Waals surface area contributed by atoms with Gasteiger partial charge in [0.2, 0.25) is 0 Å². The zero-order chi connectivity index (χ0) is 24.1. The normalized spacial score (nSPS) is 14.1. The fraction of sp³-hybridized carbons (Fsp3) is 0.0588. The SMILES string of the molecule is C[Si]1(C)C(C#Cc2ccccc2)=C(c2ccccc2)C(c2ccccc2)=C1C#Cc1ccccc1. The quantitative estimate of drug-likeness (QED) is 0.211. The van der Waals surface area contributed by atoms with Crippen molar-refractivity contribution in [3.8, 4) is 23.7 Å². The lowest BCUT2D eigenvalue weighted by atomic mass is 9.91. The number of hydrogen-bond donors (Lipinski definition) is 0. The van der Waals surface area contributed by atoms with E-state index < -0.39 is 8.07 Å². The number of allylic oxidation sites excluding steroid dienone is 4. The fourth-order valence-electron chi connectivity index (χ4n) is 4.54. The lowest BCUT2D eigenvalue weighted by molar-refractivity contribution is 1.58. The molecule has 0 bridgehead atoms. The molecule has 0 N–H and O–H groups in total. The van der Waals surface area contributed by atoms with E-state index in [0.29, 0.717) is 0 Å². The first-order valence-corrected chi connectivity index (χ1v) is 14.9. The van der Waals surface area contributed by atoms with Gasteiger partial charge in [0.15, 0.2) is 0 Å². The van der Waals surface area contributed by atoms with Gasteiger partial charge in [0.05, 0.1) is 0 Å². The minimum Gasteiger partial charge on any atom is -0.0696 e. The highest BCUT2D eigenvalue weighted by Gasteiger charge is 2.41. The highest BCUT2D eigenvalue weighted by atomic mass is 28.3. The maximum Gasteiger partial charge on any atom is 0.135 e. The first-order chi connectivity index (χ1) is 17.1. The van der Waals surface area contributed by atoms with Crippen molar-refractivity contribution < 1.29 is 0 Å². The Balaban J connectivity index is 1.79. The summed E-state index contributed by atoms with van der Waals surface area (Å²) in [5.41, 5.74) is 6.91. The molecular weight excluding hydrogens is 436 g/mol. The molecule has 4 aromatic rings. The van der Waals surface area contributed by atoms with E-state index in [-0.39, 0.29) is 0 Å². The van der Waals surface area contributed by atoms with Crippen LogP contribution in [0.5, 0.6) is 0 Å². The third-order valence-electron chi connectivity index (χ3n) is 6.34. The van der Waals surface area contributed by atoms with Crippen LogP contribution in [0.3, 0.4) is 0 Å². The van der Waals surface area contributed by atoms with Crippen LogP contribution in [0.2, 0.25) is 13.1 Å². The molecule has 0 aliphatic carbocycles. The Kier molecular flexibility index (Phi) is 6.36. The van der Waals surface area contributed by atoms with Gasteiger partial charge in [-0.15, -0.1) is 0 Å².